The third kappa shape index (κ3) is 11.0. The molecule has 0 amide bonds. The lowest BCUT2D eigenvalue weighted by Crippen LogP contribution is -2.43. The minimum atomic E-state index is -0.721. The first-order valence-corrected chi connectivity index (χ1v) is 20.7. The van der Waals surface area contributed by atoms with Gasteiger partial charge in [-0.2, -0.15) is 5.10 Å². The number of esters is 3. The van der Waals surface area contributed by atoms with Crippen LogP contribution in [0.4, 0.5) is 0 Å². The molecule has 65 heavy (non-hydrogen) atoms. The predicted molar refractivity (Wildman–Crippen MR) is 237 cm³/mol. The fourth-order valence-electron chi connectivity index (χ4n) is 6.98. The Bertz CT molecular complexity index is 2570. The number of nitrogens with zero attached hydrogens (tertiary/aromatic N) is 2. The zero-order valence-corrected chi connectivity index (χ0v) is 35.8. The predicted octanol–water partition coefficient (Wildman–Crippen LogP) is 7.82. The van der Waals surface area contributed by atoms with Crippen LogP contribution in [-0.4, -0.2) is 89.9 Å². The molecule has 0 unspecified atom stereocenters. The highest BCUT2D eigenvalue weighted by atomic mass is 16.7. The first-order valence-electron chi connectivity index (χ1n) is 20.7. The summed E-state index contributed by atoms with van der Waals surface area (Å²) in [5, 5.41) is 9.07. The molecule has 1 aliphatic carbocycles. The van der Waals surface area contributed by atoms with Crippen LogP contribution in [0.1, 0.15) is 51.3 Å². The van der Waals surface area contributed by atoms with Crippen molar-refractivity contribution in [2.75, 3.05) is 60.0 Å². The maximum absolute atomic E-state index is 13.9. The van der Waals surface area contributed by atoms with Crippen LogP contribution in [0.15, 0.2) is 132 Å². The van der Waals surface area contributed by atoms with Crippen LogP contribution in [0.3, 0.4) is 0 Å². The van der Waals surface area contributed by atoms with Gasteiger partial charge in [-0.25, -0.2) is 14.4 Å². The molecule has 8 rings (SSSR count). The summed E-state index contributed by atoms with van der Waals surface area (Å²) < 4.78 is 56.1. The highest BCUT2D eigenvalue weighted by Crippen LogP contribution is 2.37. The molecule has 2 heterocycles. The Balaban J connectivity index is 1.02. The first-order chi connectivity index (χ1) is 31.6. The number of carbonyl (C=O) groups is 3. The quantitative estimate of drug-likeness (QED) is 0.0139. The molecule has 0 saturated carbocycles. The Kier molecular flexibility index (Phi) is 13.8. The molecule has 2 saturated heterocycles. The molecule has 15 heteroatoms. The Morgan fingerprint density at radius 3 is 1.77 bits per heavy atom. The highest BCUT2D eigenvalue weighted by Gasteiger charge is 2.34. The van der Waals surface area contributed by atoms with Crippen molar-refractivity contribution in [2.24, 2.45) is 21.0 Å². The van der Waals surface area contributed by atoms with Crippen LogP contribution >= 0.6 is 0 Å². The molecule has 2 fully saturated rings. The second-order valence-corrected chi connectivity index (χ2v) is 16.2. The number of fused-ring (bicyclic) bond motifs is 3. The largest absolute Gasteiger partial charge is 0.464 e. The van der Waals surface area contributed by atoms with Crippen LogP contribution in [0.25, 0.3) is 11.1 Å². The monoisotopic (exact) mass is 882 g/mol. The smallest absolute Gasteiger partial charge is 0.343 e. The molecule has 5 aromatic carbocycles. The number of ether oxygens (including phenoxy) is 10. The lowest BCUT2D eigenvalue weighted by atomic mass is 9.90. The molecule has 0 spiro atoms. The maximum atomic E-state index is 13.9. The molecular formula is C50H46N2O13. The second-order valence-electron chi connectivity index (χ2n) is 16.2. The molecule has 2 aliphatic heterocycles. The number of hydrogen-bond acceptors (Lipinski definition) is 15. The van der Waals surface area contributed by atoms with Gasteiger partial charge in [0.05, 0.1) is 57.0 Å². The molecule has 0 aromatic heterocycles. The maximum Gasteiger partial charge on any atom is 0.343 e. The lowest BCUT2D eigenvalue weighted by molar-refractivity contribution is -0.153. The standard InChI is InChI=1S/C50H46N2O13/c1-4-45(53)63-32-60-36-16-13-33(14-17-36)47(54)64-37-18-20-42(35(21-37)23-51-52-46-40-11-7-5-9-38(40)39-10-6-8-12-41(39)46)65-48(55)34-15-19-43(61-30-58-28-49(2)24-56-25-49)44(22-34)62-31-59-29-50(3)26-57-27-50/h4-23H,1,24-32H2,2-3H3/b51-23+. The van der Waals surface area contributed by atoms with E-state index in [2.05, 4.69) is 30.6 Å². The molecule has 0 radical (unpaired) electrons. The van der Waals surface area contributed by atoms with Crippen molar-refractivity contribution in [2.45, 2.75) is 13.8 Å². The van der Waals surface area contributed by atoms with Gasteiger partial charge in [0.15, 0.2) is 25.1 Å². The molecule has 3 aliphatic rings. The van der Waals surface area contributed by atoms with E-state index in [9.17, 15) is 14.4 Å². The third-order valence-corrected chi connectivity index (χ3v) is 10.6. The van der Waals surface area contributed by atoms with Crippen molar-refractivity contribution in [1.82, 2.24) is 0 Å². The summed E-state index contributed by atoms with van der Waals surface area (Å²) in [4.78, 5) is 38.5. The van der Waals surface area contributed by atoms with Gasteiger partial charge in [-0.15, -0.1) is 5.10 Å². The Labute approximate surface area is 375 Å². The minimum Gasteiger partial charge on any atom is -0.464 e. The van der Waals surface area contributed by atoms with E-state index in [0.717, 1.165) is 28.3 Å². The normalized spacial score (nSPS) is 15.1. The van der Waals surface area contributed by atoms with E-state index in [1.54, 1.807) is 12.1 Å². The Morgan fingerprint density at radius 2 is 1.17 bits per heavy atom. The van der Waals surface area contributed by atoms with Crippen molar-refractivity contribution in [3.63, 3.8) is 0 Å². The van der Waals surface area contributed by atoms with Crippen LogP contribution < -0.4 is 23.7 Å². The van der Waals surface area contributed by atoms with E-state index in [4.69, 9.17) is 47.4 Å². The molecule has 0 atom stereocenters. The van der Waals surface area contributed by atoms with Gasteiger partial charge in [0.25, 0.3) is 0 Å². The Hall–Kier alpha value is -7.17. The first kappa shape index (κ1) is 44.4. The summed E-state index contributed by atoms with van der Waals surface area (Å²) in [5.74, 6) is -0.848. The Morgan fingerprint density at radius 1 is 0.615 bits per heavy atom. The third-order valence-electron chi connectivity index (χ3n) is 10.6. The van der Waals surface area contributed by atoms with Crippen LogP contribution in [0.5, 0.6) is 28.7 Å². The lowest BCUT2D eigenvalue weighted by Gasteiger charge is -2.37. The van der Waals surface area contributed by atoms with Gasteiger partial charge in [-0.1, -0.05) is 69.0 Å². The van der Waals surface area contributed by atoms with Crippen LogP contribution in [-0.2, 0) is 28.5 Å². The summed E-state index contributed by atoms with van der Waals surface area (Å²) in [7, 11) is 0. The van der Waals surface area contributed by atoms with Gasteiger partial charge >= 0.3 is 17.9 Å². The topological polar surface area (TPSA) is 168 Å². The minimum absolute atomic E-state index is 0.0538. The van der Waals surface area contributed by atoms with Crippen LogP contribution in [0, 0.1) is 10.8 Å². The number of benzene rings is 5. The zero-order valence-electron chi connectivity index (χ0n) is 35.8. The molecule has 0 bridgehead atoms. The van der Waals surface area contributed by atoms with E-state index in [1.165, 1.54) is 54.7 Å². The van der Waals surface area contributed by atoms with E-state index in [-0.39, 0.29) is 65.1 Å². The SMILES string of the molecule is C=CC(=O)OCOc1ccc(C(=O)Oc2ccc(OC(=O)c3ccc(OCOCC4(C)COC4)c(OCOCC4(C)COC4)c3)c(/C=N/N=C3c4ccccc4-c4ccccc43)c2)cc1. The number of carbonyl (C=O) groups excluding carboxylic acids is 3. The summed E-state index contributed by atoms with van der Waals surface area (Å²) in [5.41, 5.74) is 5.08. The van der Waals surface area contributed by atoms with Crippen molar-refractivity contribution in [3.05, 3.63) is 150 Å². The molecule has 334 valence electrons. The van der Waals surface area contributed by atoms with E-state index >= 15 is 0 Å². The second kappa shape index (κ2) is 20.1. The van der Waals surface area contributed by atoms with Gasteiger partial charge in [-0.05, 0) is 71.8 Å². The summed E-state index contributed by atoms with van der Waals surface area (Å²) in [6.07, 6.45) is 2.45. The fraction of sp³-hybridized carbons (Fsp3) is 0.260. The fourth-order valence-corrected chi connectivity index (χ4v) is 6.98. The number of hydrogen-bond donors (Lipinski definition) is 0. The average molecular weight is 883 g/mol. The summed E-state index contributed by atoms with van der Waals surface area (Å²) in [6, 6.07) is 31.1. The summed E-state index contributed by atoms with van der Waals surface area (Å²) in [6.45, 7) is 10.3. The average Bonchev–Trinajstić information content (AvgIpc) is 3.62. The summed E-state index contributed by atoms with van der Waals surface area (Å²) >= 11 is 0. The molecule has 5 aromatic rings. The van der Waals surface area contributed by atoms with Crippen molar-refractivity contribution < 1.29 is 61.8 Å². The molecule has 0 N–H and O–H groups in total. The van der Waals surface area contributed by atoms with Gasteiger partial charge in [0.1, 0.15) is 23.0 Å². The zero-order chi connectivity index (χ0) is 45.2. The van der Waals surface area contributed by atoms with E-state index in [1.807, 2.05) is 48.5 Å². The van der Waals surface area contributed by atoms with Gasteiger partial charge in [-0.3, -0.25) is 0 Å². The van der Waals surface area contributed by atoms with Gasteiger partial charge in [0, 0.05) is 33.6 Å². The van der Waals surface area contributed by atoms with Gasteiger partial charge in [0.2, 0.25) is 6.79 Å². The van der Waals surface area contributed by atoms with Gasteiger partial charge < -0.3 is 47.4 Å². The van der Waals surface area contributed by atoms with E-state index in [0.29, 0.717) is 56.9 Å². The number of rotatable bonds is 20. The van der Waals surface area contributed by atoms with Crippen LogP contribution in [0.2, 0.25) is 0 Å². The molecule has 15 nitrogen and oxygen atoms in total. The van der Waals surface area contributed by atoms with Crippen molar-refractivity contribution in [3.8, 4) is 39.9 Å². The highest BCUT2D eigenvalue weighted by molar-refractivity contribution is 6.24. The molecular weight excluding hydrogens is 837 g/mol. The van der Waals surface area contributed by atoms with Crippen molar-refractivity contribution >= 4 is 29.8 Å². The van der Waals surface area contributed by atoms with Crippen molar-refractivity contribution in [1.29, 1.82) is 0 Å². The van der Waals surface area contributed by atoms with E-state index < -0.39 is 17.9 Å².